The molecule has 2 N–H and O–H groups in total. The van der Waals surface area contributed by atoms with Crippen LogP contribution < -0.4 is 5.32 Å². The summed E-state index contributed by atoms with van der Waals surface area (Å²) in [6.07, 6.45) is 0.554. The van der Waals surface area contributed by atoms with E-state index in [0.29, 0.717) is 6.42 Å². The lowest BCUT2D eigenvalue weighted by molar-refractivity contribution is -0.144. The van der Waals surface area contributed by atoms with Crippen LogP contribution in [-0.2, 0) is 4.79 Å². The van der Waals surface area contributed by atoms with Crippen LogP contribution in [0.1, 0.15) is 44.4 Å². The van der Waals surface area contributed by atoms with Crippen LogP contribution in [0.3, 0.4) is 0 Å². The van der Waals surface area contributed by atoms with Gasteiger partial charge in [-0.1, -0.05) is 31.2 Å². The molecule has 0 aliphatic carbocycles. The maximum absolute atomic E-state index is 11.2. The topological polar surface area (TPSA) is 49.3 Å². The van der Waals surface area contributed by atoms with Gasteiger partial charge in [-0.25, -0.2) is 0 Å². The van der Waals surface area contributed by atoms with Crippen LogP contribution in [0.25, 0.3) is 0 Å². The summed E-state index contributed by atoms with van der Waals surface area (Å²) in [7, 11) is 0. The maximum atomic E-state index is 11.2. The van der Waals surface area contributed by atoms with Crippen LogP contribution in [0.5, 0.6) is 0 Å². The van der Waals surface area contributed by atoms with Crippen molar-refractivity contribution in [2.24, 2.45) is 0 Å². The molecule has 3 nitrogen and oxygen atoms in total. The second-order valence-corrected chi connectivity index (χ2v) is 4.71. The summed E-state index contributed by atoms with van der Waals surface area (Å²) in [5, 5.41) is 12.4. The van der Waals surface area contributed by atoms with E-state index in [9.17, 15) is 9.90 Å². The lowest BCUT2D eigenvalue weighted by Gasteiger charge is -2.29. The zero-order valence-corrected chi connectivity index (χ0v) is 10.9. The Balaban J connectivity index is 2.89. The fraction of sp³-hybridized carbons (Fsp3) is 0.500. The van der Waals surface area contributed by atoms with Gasteiger partial charge in [0.2, 0.25) is 0 Å². The molecular formula is C14H21NO2. The number of hydrogen-bond donors (Lipinski definition) is 2. The number of carboxylic acid groups (broad SMARTS) is 1. The molecule has 0 radical (unpaired) electrons. The molecule has 3 heteroatoms. The number of nitrogens with one attached hydrogen (secondary N) is 1. The highest BCUT2D eigenvalue weighted by Crippen LogP contribution is 2.21. The fourth-order valence-electron chi connectivity index (χ4n) is 1.94. The number of aliphatic carboxylic acids is 1. The third kappa shape index (κ3) is 3.07. The Morgan fingerprint density at radius 1 is 1.47 bits per heavy atom. The second-order valence-electron chi connectivity index (χ2n) is 4.71. The highest BCUT2D eigenvalue weighted by molar-refractivity contribution is 5.78. The lowest BCUT2D eigenvalue weighted by atomic mass is 9.95. The third-order valence-electron chi connectivity index (χ3n) is 3.37. The first kappa shape index (κ1) is 13.7. The average molecular weight is 235 g/mol. The minimum atomic E-state index is -0.873. The van der Waals surface area contributed by atoms with Gasteiger partial charge >= 0.3 is 5.97 Å². The Labute approximate surface area is 103 Å². The third-order valence-corrected chi connectivity index (χ3v) is 3.37. The molecule has 0 saturated heterocycles. The van der Waals surface area contributed by atoms with E-state index in [4.69, 9.17) is 0 Å². The summed E-state index contributed by atoms with van der Waals surface area (Å²) in [6.45, 7) is 7.65. The number of hydrogen-bond acceptors (Lipinski definition) is 2. The van der Waals surface area contributed by atoms with Gasteiger partial charge in [-0.3, -0.25) is 10.1 Å². The number of aryl methyl sites for hydroxylation is 1. The summed E-state index contributed by atoms with van der Waals surface area (Å²) >= 11 is 0. The van der Waals surface area contributed by atoms with Gasteiger partial charge in [0.25, 0.3) is 0 Å². The van der Waals surface area contributed by atoms with E-state index in [0.717, 1.165) is 5.56 Å². The fourth-order valence-corrected chi connectivity index (χ4v) is 1.94. The lowest BCUT2D eigenvalue weighted by Crippen LogP contribution is -2.49. The molecule has 1 rings (SSSR count). The second kappa shape index (κ2) is 5.32. The first-order valence-corrected chi connectivity index (χ1v) is 5.97. The Morgan fingerprint density at radius 2 is 2.06 bits per heavy atom. The molecule has 0 aliphatic heterocycles. The minimum Gasteiger partial charge on any atom is -0.480 e. The molecule has 0 amide bonds. The monoisotopic (exact) mass is 235 g/mol. The van der Waals surface area contributed by atoms with Crippen LogP contribution in [0.4, 0.5) is 0 Å². The Kier molecular flexibility index (Phi) is 4.29. The largest absolute Gasteiger partial charge is 0.480 e. The molecule has 1 aromatic carbocycles. The number of benzene rings is 1. The molecule has 0 saturated carbocycles. The molecule has 1 aromatic rings. The van der Waals surface area contributed by atoms with Crippen molar-refractivity contribution in [2.45, 2.75) is 45.7 Å². The molecule has 0 bridgehead atoms. The first-order valence-electron chi connectivity index (χ1n) is 5.97. The zero-order chi connectivity index (χ0) is 13.1. The first-order chi connectivity index (χ1) is 7.90. The van der Waals surface area contributed by atoms with Crippen molar-refractivity contribution in [1.82, 2.24) is 5.32 Å². The zero-order valence-electron chi connectivity index (χ0n) is 10.9. The van der Waals surface area contributed by atoms with Crippen LogP contribution in [0.15, 0.2) is 24.3 Å². The quantitative estimate of drug-likeness (QED) is 0.825. The van der Waals surface area contributed by atoms with Crippen molar-refractivity contribution >= 4 is 5.97 Å². The molecule has 94 valence electrons. The van der Waals surface area contributed by atoms with Crippen LogP contribution in [0.2, 0.25) is 0 Å². The van der Waals surface area contributed by atoms with Crippen molar-refractivity contribution in [3.63, 3.8) is 0 Å². The highest BCUT2D eigenvalue weighted by atomic mass is 16.4. The summed E-state index contributed by atoms with van der Waals surface area (Å²) in [4.78, 5) is 11.2. The van der Waals surface area contributed by atoms with E-state index in [2.05, 4.69) is 5.32 Å². The van der Waals surface area contributed by atoms with Gasteiger partial charge in [-0.15, -0.1) is 0 Å². The molecule has 0 spiro atoms. The number of carbonyl (C=O) groups is 1. The molecule has 17 heavy (non-hydrogen) atoms. The Hall–Kier alpha value is -1.35. The number of carboxylic acids is 1. The number of rotatable bonds is 5. The highest BCUT2D eigenvalue weighted by Gasteiger charge is 2.32. The standard InChI is InChI=1S/C14H21NO2/c1-5-14(4,13(16)17)15-11(3)12-9-7-6-8-10(12)2/h6-9,11,15H,5H2,1-4H3,(H,16,17). The SMILES string of the molecule is CCC(C)(NC(C)c1ccccc1C)C(=O)O. The van der Waals surface area contributed by atoms with Crippen LogP contribution in [0, 0.1) is 6.92 Å². The van der Waals surface area contributed by atoms with Crippen molar-refractivity contribution in [3.8, 4) is 0 Å². The van der Waals surface area contributed by atoms with Gasteiger partial charge in [0.1, 0.15) is 5.54 Å². The van der Waals surface area contributed by atoms with Gasteiger partial charge in [0, 0.05) is 6.04 Å². The molecule has 2 atom stereocenters. The normalized spacial score (nSPS) is 16.2. The molecule has 0 aromatic heterocycles. The Bertz CT molecular complexity index is 403. The average Bonchev–Trinajstić information content (AvgIpc) is 2.29. The van der Waals surface area contributed by atoms with E-state index in [1.807, 2.05) is 45.0 Å². The van der Waals surface area contributed by atoms with E-state index >= 15 is 0 Å². The van der Waals surface area contributed by atoms with Gasteiger partial charge < -0.3 is 5.11 Å². The minimum absolute atomic E-state index is 0.0252. The summed E-state index contributed by atoms with van der Waals surface area (Å²) < 4.78 is 0. The smallest absolute Gasteiger partial charge is 0.323 e. The summed E-state index contributed by atoms with van der Waals surface area (Å²) in [6, 6.07) is 8.06. The van der Waals surface area contributed by atoms with Crippen molar-refractivity contribution < 1.29 is 9.90 Å². The molecular weight excluding hydrogens is 214 g/mol. The van der Waals surface area contributed by atoms with Crippen LogP contribution >= 0.6 is 0 Å². The van der Waals surface area contributed by atoms with E-state index < -0.39 is 11.5 Å². The van der Waals surface area contributed by atoms with Crippen molar-refractivity contribution in [1.29, 1.82) is 0 Å². The molecule has 2 unspecified atom stereocenters. The summed E-state index contributed by atoms with van der Waals surface area (Å²) in [5.41, 5.74) is 1.45. The molecule has 0 aliphatic rings. The summed E-state index contributed by atoms with van der Waals surface area (Å²) in [5.74, 6) is -0.805. The van der Waals surface area contributed by atoms with Crippen molar-refractivity contribution in [3.05, 3.63) is 35.4 Å². The van der Waals surface area contributed by atoms with Gasteiger partial charge in [0.05, 0.1) is 0 Å². The van der Waals surface area contributed by atoms with E-state index in [1.54, 1.807) is 6.92 Å². The van der Waals surface area contributed by atoms with Gasteiger partial charge in [-0.2, -0.15) is 0 Å². The van der Waals surface area contributed by atoms with E-state index in [1.165, 1.54) is 5.56 Å². The predicted octanol–water partition coefficient (Wildman–Crippen LogP) is 2.90. The van der Waals surface area contributed by atoms with Crippen molar-refractivity contribution in [2.75, 3.05) is 0 Å². The van der Waals surface area contributed by atoms with E-state index in [-0.39, 0.29) is 6.04 Å². The Morgan fingerprint density at radius 3 is 2.53 bits per heavy atom. The van der Waals surface area contributed by atoms with Gasteiger partial charge in [0.15, 0.2) is 0 Å². The molecule has 0 heterocycles. The van der Waals surface area contributed by atoms with Crippen LogP contribution in [-0.4, -0.2) is 16.6 Å². The van der Waals surface area contributed by atoms with Gasteiger partial charge in [-0.05, 0) is 38.3 Å². The maximum Gasteiger partial charge on any atom is 0.323 e. The molecule has 0 fully saturated rings. The predicted molar refractivity (Wildman–Crippen MR) is 69.1 cm³/mol.